The number of hydrogen-bond donors (Lipinski definition) is 0. The number of thiazole rings is 1. The predicted octanol–water partition coefficient (Wildman–Crippen LogP) is 4.73. The Morgan fingerprint density at radius 2 is 2.10 bits per heavy atom. The molecular formula is C15H12ClFN2S. The van der Waals surface area contributed by atoms with Crippen LogP contribution in [0.1, 0.15) is 23.4 Å². The molecule has 0 radical (unpaired) electrons. The van der Waals surface area contributed by atoms with Gasteiger partial charge in [0, 0.05) is 22.3 Å². The summed E-state index contributed by atoms with van der Waals surface area (Å²) in [4.78, 5) is 7.14. The lowest BCUT2D eigenvalue weighted by Gasteiger charge is -2.09. The molecule has 0 spiro atoms. The molecule has 0 fully saturated rings. The van der Waals surface area contributed by atoms with Crippen LogP contribution in [-0.2, 0) is 12.8 Å². The van der Waals surface area contributed by atoms with E-state index in [1.54, 1.807) is 23.5 Å². The minimum Gasteiger partial charge on any atom is -0.294 e. The molecule has 4 rings (SSSR count). The van der Waals surface area contributed by atoms with Gasteiger partial charge >= 0.3 is 0 Å². The molecule has 3 aromatic rings. The van der Waals surface area contributed by atoms with Crippen molar-refractivity contribution < 1.29 is 4.39 Å². The Bertz CT molecular complexity index is 806. The lowest BCUT2D eigenvalue weighted by molar-refractivity contribution is 0.628. The van der Waals surface area contributed by atoms with Crippen LogP contribution in [0.5, 0.6) is 0 Å². The highest BCUT2D eigenvalue weighted by Gasteiger charge is 2.18. The highest BCUT2D eigenvalue weighted by molar-refractivity contribution is 7.17. The molecular weight excluding hydrogens is 295 g/mol. The van der Waals surface area contributed by atoms with Crippen LogP contribution in [0.25, 0.3) is 16.2 Å². The van der Waals surface area contributed by atoms with Crippen LogP contribution >= 0.6 is 22.9 Å². The highest BCUT2D eigenvalue weighted by atomic mass is 35.5. The Hall–Kier alpha value is -1.39. The summed E-state index contributed by atoms with van der Waals surface area (Å²) in [6, 6.07) is 4.75. The molecule has 1 aliphatic carbocycles. The largest absolute Gasteiger partial charge is 0.294 e. The smallest absolute Gasteiger partial charge is 0.194 e. The minimum atomic E-state index is -0.395. The Kier molecular flexibility index (Phi) is 2.82. The van der Waals surface area contributed by atoms with Crippen LogP contribution in [0.3, 0.4) is 0 Å². The van der Waals surface area contributed by atoms with Crippen LogP contribution in [0, 0.1) is 5.82 Å². The van der Waals surface area contributed by atoms with Gasteiger partial charge in [-0.2, -0.15) is 0 Å². The topological polar surface area (TPSA) is 17.3 Å². The van der Waals surface area contributed by atoms with Crippen molar-refractivity contribution in [2.24, 2.45) is 0 Å². The second-order valence-electron chi connectivity index (χ2n) is 5.09. The average molecular weight is 307 g/mol. The van der Waals surface area contributed by atoms with E-state index in [1.165, 1.54) is 35.9 Å². The molecule has 2 heterocycles. The maximum atomic E-state index is 13.2. The summed E-state index contributed by atoms with van der Waals surface area (Å²) in [6.07, 6.45) is 6.85. The van der Waals surface area contributed by atoms with Gasteiger partial charge in [-0.3, -0.25) is 4.40 Å². The van der Waals surface area contributed by atoms with Crippen LogP contribution in [0.4, 0.5) is 4.39 Å². The van der Waals surface area contributed by atoms with Gasteiger partial charge in [0.1, 0.15) is 5.82 Å². The first-order chi connectivity index (χ1) is 9.72. The third-order valence-electron chi connectivity index (χ3n) is 3.78. The summed E-state index contributed by atoms with van der Waals surface area (Å²) < 4.78 is 15.4. The molecule has 5 heteroatoms. The first-order valence-electron chi connectivity index (χ1n) is 6.67. The summed E-state index contributed by atoms with van der Waals surface area (Å²) in [5.74, 6) is -0.395. The van der Waals surface area contributed by atoms with Crippen molar-refractivity contribution in [1.29, 1.82) is 0 Å². The van der Waals surface area contributed by atoms with Crippen molar-refractivity contribution >= 4 is 27.9 Å². The van der Waals surface area contributed by atoms with E-state index in [-0.39, 0.29) is 5.02 Å². The predicted molar refractivity (Wildman–Crippen MR) is 80.1 cm³/mol. The van der Waals surface area contributed by atoms with Crippen LogP contribution in [0.2, 0.25) is 5.02 Å². The average Bonchev–Trinajstić information content (AvgIpc) is 2.99. The van der Waals surface area contributed by atoms with Gasteiger partial charge < -0.3 is 0 Å². The first-order valence-corrected chi connectivity index (χ1v) is 7.87. The fraction of sp³-hybridized carbons (Fsp3) is 0.267. The van der Waals surface area contributed by atoms with E-state index in [0.29, 0.717) is 0 Å². The van der Waals surface area contributed by atoms with Gasteiger partial charge in [0.2, 0.25) is 0 Å². The molecule has 0 bridgehead atoms. The number of benzene rings is 1. The normalized spacial score (nSPS) is 14.7. The molecule has 0 atom stereocenters. The number of fused-ring (bicyclic) bond motifs is 3. The fourth-order valence-corrected chi connectivity index (χ4v) is 4.13. The number of imidazole rings is 1. The summed E-state index contributed by atoms with van der Waals surface area (Å²) in [5.41, 5.74) is 3.10. The van der Waals surface area contributed by atoms with Crippen LogP contribution in [-0.4, -0.2) is 9.38 Å². The molecule has 0 saturated heterocycles. The minimum absolute atomic E-state index is 0.140. The summed E-state index contributed by atoms with van der Waals surface area (Å²) in [6.45, 7) is 0. The monoisotopic (exact) mass is 306 g/mol. The second-order valence-corrected chi connectivity index (χ2v) is 6.56. The van der Waals surface area contributed by atoms with Gasteiger partial charge in [0.05, 0.1) is 10.7 Å². The van der Waals surface area contributed by atoms with Gasteiger partial charge in [0.15, 0.2) is 4.96 Å². The van der Waals surface area contributed by atoms with Gasteiger partial charge in [-0.25, -0.2) is 9.37 Å². The van der Waals surface area contributed by atoms with Gasteiger partial charge in [-0.1, -0.05) is 11.6 Å². The molecule has 102 valence electrons. The zero-order valence-electron chi connectivity index (χ0n) is 10.7. The Balaban J connectivity index is 1.84. The third kappa shape index (κ3) is 1.86. The van der Waals surface area contributed by atoms with E-state index in [4.69, 9.17) is 11.6 Å². The van der Waals surface area contributed by atoms with E-state index in [0.717, 1.165) is 22.6 Å². The number of nitrogens with zero attached hydrogens (tertiary/aromatic N) is 2. The summed E-state index contributed by atoms with van der Waals surface area (Å²) >= 11 is 7.61. The summed E-state index contributed by atoms with van der Waals surface area (Å²) in [5, 5.41) is 0.140. The zero-order valence-corrected chi connectivity index (χ0v) is 12.3. The van der Waals surface area contributed by atoms with Gasteiger partial charge in [-0.05, 0) is 43.9 Å². The van der Waals surface area contributed by atoms with E-state index in [9.17, 15) is 4.39 Å². The van der Waals surface area contributed by atoms with Gasteiger partial charge in [-0.15, -0.1) is 11.3 Å². The molecule has 0 saturated carbocycles. The molecule has 0 unspecified atom stereocenters. The third-order valence-corrected chi connectivity index (χ3v) is 5.23. The fourth-order valence-electron chi connectivity index (χ4n) is 2.76. The molecule has 20 heavy (non-hydrogen) atoms. The standard InChI is InChI=1S/C15H12ClFN2S/c16-10-7-9(5-6-11(10)17)12-8-19-13-3-1-2-4-14(13)20-15(19)18-12/h5-8H,1-4H2. The van der Waals surface area contributed by atoms with Crippen molar-refractivity contribution in [2.75, 3.05) is 0 Å². The lowest BCUT2D eigenvalue weighted by Crippen LogP contribution is -2.01. The Labute approximate surface area is 124 Å². The molecule has 2 aromatic heterocycles. The van der Waals surface area contributed by atoms with E-state index in [2.05, 4.69) is 9.38 Å². The Morgan fingerprint density at radius 1 is 1.25 bits per heavy atom. The molecule has 0 amide bonds. The van der Waals surface area contributed by atoms with E-state index >= 15 is 0 Å². The maximum absolute atomic E-state index is 13.2. The number of rotatable bonds is 1. The molecule has 0 N–H and O–H groups in total. The van der Waals surface area contributed by atoms with Crippen LogP contribution in [0.15, 0.2) is 24.4 Å². The van der Waals surface area contributed by atoms with Crippen molar-refractivity contribution in [2.45, 2.75) is 25.7 Å². The van der Waals surface area contributed by atoms with Gasteiger partial charge in [0.25, 0.3) is 0 Å². The summed E-state index contributed by atoms with van der Waals surface area (Å²) in [7, 11) is 0. The maximum Gasteiger partial charge on any atom is 0.194 e. The van der Waals surface area contributed by atoms with E-state index in [1.807, 2.05) is 6.20 Å². The van der Waals surface area contributed by atoms with Crippen LogP contribution < -0.4 is 0 Å². The second kappa shape index (κ2) is 4.57. The van der Waals surface area contributed by atoms with Crippen molar-refractivity contribution in [3.63, 3.8) is 0 Å². The SMILES string of the molecule is Fc1ccc(-c2cn3c4c(sc3n2)CCCC4)cc1Cl. The number of aromatic nitrogens is 2. The molecule has 1 aliphatic rings. The van der Waals surface area contributed by atoms with Crippen molar-refractivity contribution in [3.05, 3.63) is 45.8 Å². The van der Waals surface area contributed by atoms with Crippen molar-refractivity contribution in [1.82, 2.24) is 9.38 Å². The number of hydrogen-bond acceptors (Lipinski definition) is 2. The van der Waals surface area contributed by atoms with Crippen molar-refractivity contribution in [3.8, 4) is 11.3 Å². The number of halogens is 2. The quantitative estimate of drug-likeness (QED) is 0.635. The highest BCUT2D eigenvalue weighted by Crippen LogP contribution is 2.32. The zero-order chi connectivity index (χ0) is 13.7. The Morgan fingerprint density at radius 3 is 2.95 bits per heavy atom. The first kappa shape index (κ1) is 12.4. The molecule has 2 nitrogen and oxygen atoms in total. The lowest BCUT2D eigenvalue weighted by atomic mass is 10.0. The number of aryl methyl sites for hydroxylation is 2. The van der Waals surface area contributed by atoms with E-state index < -0.39 is 5.82 Å². The molecule has 0 aliphatic heterocycles. The molecule has 1 aromatic carbocycles.